The molecule has 0 aromatic heterocycles. The van der Waals surface area contributed by atoms with E-state index >= 15 is 0 Å². The Hall–Kier alpha value is -0.933. The molecule has 0 saturated carbocycles. The minimum atomic E-state index is -4.72. The Bertz CT molecular complexity index is 1110. The Morgan fingerprint density at radius 1 is 0.667 bits per heavy atom. The number of rotatable bonds is 9. The van der Waals surface area contributed by atoms with Gasteiger partial charge in [0.1, 0.15) is 0 Å². The summed E-state index contributed by atoms with van der Waals surface area (Å²) in [5, 5.41) is 0. The third-order valence-electron chi connectivity index (χ3n) is 7.91. The molecule has 2 aromatic carbocycles. The first-order valence-electron chi connectivity index (χ1n) is 13.5. The molecule has 4 rings (SSSR count). The van der Waals surface area contributed by atoms with E-state index in [-0.39, 0.29) is 7.35 Å². The average Bonchev–Trinajstić information content (AvgIpc) is 3.45. The molecule has 2 aliphatic rings. The second-order valence-corrected chi connectivity index (χ2v) is 71.5. The Balaban J connectivity index is 1.92. The maximum absolute atomic E-state index is 8.31. The molecule has 2 aromatic rings. The molecule has 0 aliphatic heterocycles. The van der Waals surface area contributed by atoms with Crippen molar-refractivity contribution in [3.63, 3.8) is 0 Å². The summed E-state index contributed by atoms with van der Waals surface area (Å²) in [5.41, 5.74) is 8.05. The third kappa shape index (κ3) is 5.44. The van der Waals surface area contributed by atoms with Crippen molar-refractivity contribution < 1.29 is 15.3 Å². The van der Waals surface area contributed by atoms with Gasteiger partial charge in [0.05, 0.1) is 0 Å². The van der Waals surface area contributed by atoms with Crippen LogP contribution >= 0.6 is 17.2 Å². The third-order valence-corrected chi connectivity index (χ3v) is 80.9. The minimum absolute atomic E-state index is 0.139. The van der Waals surface area contributed by atoms with E-state index in [0.717, 1.165) is 12.8 Å². The van der Waals surface area contributed by atoms with Gasteiger partial charge in [-0.3, -0.25) is 0 Å². The molecule has 0 bridgehead atoms. The van der Waals surface area contributed by atoms with Gasteiger partial charge in [0.15, 0.2) is 0 Å². The summed E-state index contributed by atoms with van der Waals surface area (Å²) in [5.74, 6) is -0.306. The van der Waals surface area contributed by atoms with Crippen LogP contribution in [0.1, 0.15) is 51.7 Å². The Morgan fingerprint density at radius 3 is 1.33 bits per heavy atom. The predicted octanol–water partition coefficient (Wildman–Crippen LogP) is 10.7. The molecule has 191 valence electrons. The molecule has 2 aliphatic carbocycles. The van der Waals surface area contributed by atoms with Crippen molar-refractivity contribution in [3.05, 3.63) is 107 Å². The van der Waals surface area contributed by atoms with Gasteiger partial charge in [-0.15, -0.1) is 0 Å². The zero-order valence-corrected chi connectivity index (χ0v) is 28.9. The Morgan fingerprint density at radius 2 is 1.03 bits per heavy atom. The van der Waals surface area contributed by atoms with Crippen molar-refractivity contribution in [3.8, 4) is 0 Å². The quantitative estimate of drug-likeness (QED) is 0.228. The summed E-state index contributed by atoms with van der Waals surface area (Å²) in [6, 6.07) is 21.7. The van der Waals surface area contributed by atoms with Crippen LogP contribution in [0.5, 0.6) is 0 Å². The van der Waals surface area contributed by atoms with Crippen LogP contribution in [0, 0.1) is 11.8 Å². The van der Waals surface area contributed by atoms with E-state index in [1.807, 2.05) is 0 Å². The van der Waals surface area contributed by atoms with Gasteiger partial charge >= 0.3 is 230 Å². The molecule has 36 heavy (non-hydrogen) atoms. The Labute approximate surface area is 228 Å². The average molecular weight is 703 g/mol. The number of halogens is 2. The molecular formula is C32H41Cl2HfSi. The van der Waals surface area contributed by atoms with Crippen LogP contribution in [0.3, 0.4) is 0 Å². The molecule has 2 unspecified atom stereocenters. The summed E-state index contributed by atoms with van der Waals surface area (Å²) in [6.45, 7) is 14.0. The molecule has 2 atom stereocenters. The fourth-order valence-electron chi connectivity index (χ4n) is 6.09. The van der Waals surface area contributed by atoms with Crippen molar-refractivity contribution in [1.29, 1.82) is 0 Å². The van der Waals surface area contributed by atoms with Gasteiger partial charge in [-0.1, -0.05) is 0 Å². The number of benzene rings is 2. The molecule has 0 N–H and O–H groups in total. The maximum atomic E-state index is 8.31. The molecule has 0 heterocycles. The van der Waals surface area contributed by atoms with Crippen molar-refractivity contribution in [2.75, 3.05) is 0 Å². The van der Waals surface area contributed by atoms with Crippen LogP contribution in [-0.2, 0) is 15.3 Å². The zero-order valence-electron chi connectivity index (χ0n) is 22.6. The molecule has 0 nitrogen and oxygen atoms in total. The van der Waals surface area contributed by atoms with Gasteiger partial charge in [0.2, 0.25) is 0 Å². The summed E-state index contributed by atoms with van der Waals surface area (Å²) in [6.07, 6.45) is 12.0. The fraction of sp³-hybridized carbons (Fsp3) is 0.375. The standard InChI is InChI=1S/2C15H17.C2H7Si.2ClH.Hf/c2*1-12(2)10-13-8-9-15(11-13)14-6-4-3-5-7-14;1-3-2;;;/h2*3-9,11-12H,10H2,1-2H3;3H,1-2H3;2*1H;/q;;;;;+2/p-2. The SMILES string of the molecule is CC(C)CC1=C[CH]([Hf]([Cl])([Cl])([CH]2C=C(CC(C)C)C=C2c2ccccc2)[SiH](C)C)C(c2ccccc2)=C1. The number of hydrogen-bond acceptors (Lipinski definition) is 0. The zero-order chi connectivity index (χ0) is 26.1. The van der Waals surface area contributed by atoms with Crippen LogP contribution in [-0.4, -0.2) is 5.98 Å². The van der Waals surface area contributed by atoms with Gasteiger partial charge in [0, 0.05) is 0 Å². The van der Waals surface area contributed by atoms with Crippen molar-refractivity contribution in [2.24, 2.45) is 11.8 Å². The van der Waals surface area contributed by atoms with Crippen LogP contribution in [0.25, 0.3) is 11.1 Å². The van der Waals surface area contributed by atoms with Crippen LogP contribution < -0.4 is 0 Å². The summed E-state index contributed by atoms with van der Waals surface area (Å²) < 4.78 is 0.278. The molecular weight excluding hydrogens is 662 g/mol. The van der Waals surface area contributed by atoms with Gasteiger partial charge in [-0.25, -0.2) is 0 Å². The van der Waals surface area contributed by atoms with Gasteiger partial charge in [-0.2, -0.15) is 0 Å². The van der Waals surface area contributed by atoms with Gasteiger partial charge < -0.3 is 0 Å². The first-order valence-corrected chi connectivity index (χ1v) is 35.7. The molecule has 0 amide bonds. The Kier molecular flexibility index (Phi) is 8.62. The second kappa shape index (κ2) is 11.0. The molecule has 0 spiro atoms. The van der Waals surface area contributed by atoms with E-state index in [9.17, 15) is 0 Å². The number of hydrogen-bond donors (Lipinski definition) is 0. The van der Waals surface area contributed by atoms with E-state index in [1.165, 1.54) is 33.4 Å². The van der Waals surface area contributed by atoms with E-state index < -0.39 is 21.3 Å². The molecule has 0 saturated heterocycles. The van der Waals surface area contributed by atoms with Gasteiger partial charge in [-0.05, 0) is 0 Å². The number of allylic oxidation sites excluding steroid dienone is 8. The first-order chi connectivity index (χ1) is 17.0. The van der Waals surface area contributed by atoms with Crippen molar-refractivity contribution in [1.82, 2.24) is 0 Å². The predicted molar refractivity (Wildman–Crippen MR) is 162 cm³/mol. The van der Waals surface area contributed by atoms with Crippen molar-refractivity contribution in [2.45, 2.75) is 61.0 Å². The van der Waals surface area contributed by atoms with Crippen molar-refractivity contribution >= 4 is 34.3 Å². The summed E-state index contributed by atoms with van der Waals surface area (Å²) in [7, 11) is 16.6. The van der Waals surface area contributed by atoms with E-state index in [2.05, 4.69) is 126 Å². The second-order valence-electron chi connectivity index (χ2n) is 11.9. The normalized spacial score (nSPS) is 21.4. The fourth-order valence-corrected chi connectivity index (χ4v) is 44.7. The summed E-state index contributed by atoms with van der Waals surface area (Å²) >= 11 is -4.72. The van der Waals surface area contributed by atoms with Gasteiger partial charge in [0.25, 0.3) is 0 Å². The monoisotopic (exact) mass is 703 g/mol. The molecule has 0 fully saturated rings. The van der Waals surface area contributed by atoms with E-state index in [4.69, 9.17) is 17.2 Å². The summed E-state index contributed by atoms with van der Waals surface area (Å²) in [4.78, 5) is 0. The first kappa shape index (κ1) is 28.1. The van der Waals surface area contributed by atoms with Crippen LogP contribution in [0.15, 0.2) is 96.1 Å². The van der Waals surface area contributed by atoms with Crippen LogP contribution in [0.2, 0.25) is 20.4 Å². The van der Waals surface area contributed by atoms with E-state index in [0.29, 0.717) is 11.8 Å². The van der Waals surface area contributed by atoms with E-state index in [1.54, 1.807) is 0 Å². The van der Waals surface area contributed by atoms with Crippen LogP contribution in [0.4, 0.5) is 0 Å². The molecule has 0 radical (unpaired) electrons. The topological polar surface area (TPSA) is 0 Å². The molecule has 4 heteroatoms.